The maximum absolute atomic E-state index is 11.5. The number of nitrogens with two attached hydrogens (primary N) is 1. The van der Waals surface area contributed by atoms with Crippen molar-refractivity contribution in [1.82, 2.24) is 5.32 Å². The molecule has 0 heterocycles. The van der Waals surface area contributed by atoms with Gasteiger partial charge in [0.2, 0.25) is 5.91 Å². The molecule has 0 bridgehead atoms. The molecule has 0 aliphatic carbocycles. The number of carbonyl (C=O) groups is 1. The molecule has 3 N–H and O–H groups in total. The molecule has 0 aromatic heterocycles. The van der Waals surface area contributed by atoms with Gasteiger partial charge in [0.25, 0.3) is 0 Å². The number of benzene rings is 1. The fourth-order valence-corrected chi connectivity index (χ4v) is 1.70. The van der Waals surface area contributed by atoms with Crippen LogP contribution in [0.3, 0.4) is 0 Å². The fourth-order valence-electron chi connectivity index (χ4n) is 1.70. The second-order valence-corrected chi connectivity index (χ2v) is 3.79. The van der Waals surface area contributed by atoms with Crippen LogP contribution in [0.15, 0.2) is 18.2 Å². The first-order valence-electron chi connectivity index (χ1n) is 5.89. The summed E-state index contributed by atoms with van der Waals surface area (Å²) in [6.45, 7) is 0.961. The van der Waals surface area contributed by atoms with Crippen molar-refractivity contribution in [2.75, 3.05) is 27.3 Å². The molecule has 1 aromatic rings. The Morgan fingerprint density at radius 2 is 2.11 bits per heavy atom. The molecular weight excluding hydrogens is 232 g/mol. The van der Waals surface area contributed by atoms with E-state index in [4.69, 9.17) is 15.2 Å². The van der Waals surface area contributed by atoms with Gasteiger partial charge in [-0.1, -0.05) is 12.1 Å². The van der Waals surface area contributed by atoms with Crippen LogP contribution in [-0.4, -0.2) is 33.2 Å². The van der Waals surface area contributed by atoms with Crippen molar-refractivity contribution in [3.63, 3.8) is 0 Å². The van der Waals surface area contributed by atoms with E-state index in [2.05, 4.69) is 5.32 Å². The van der Waals surface area contributed by atoms with Gasteiger partial charge in [0.15, 0.2) is 11.5 Å². The zero-order valence-corrected chi connectivity index (χ0v) is 10.9. The summed E-state index contributed by atoms with van der Waals surface area (Å²) >= 11 is 0. The van der Waals surface area contributed by atoms with Gasteiger partial charge in [-0.3, -0.25) is 4.79 Å². The highest BCUT2D eigenvalue weighted by molar-refractivity contribution is 5.76. The Balaban J connectivity index is 2.64. The summed E-state index contributed by atoms with van der Waals surface area (Å²) in [6, 6.07) is 5.64. The number of carbonyl (C=O) groups excluding carboxylic acids is 1. The number of hydrogen-bond acceptors (Lipinski definition) is 4. The van der Waals surface area contributed by atoms with Crippen LogP contribution in [0.5, 0.6) is 11.5 Å². The van der Waals surface area contributed by atoms with Gasteiger partial charge in [0.05, 0.1) is 14.2 Å². The number of aryl methyl sites for hydroxylation is 1. The molecule has 1 amide bonds. The van der Waals surface area contributed by atoms with Gasteiger partial charge in [-0.15, -0.1) is 0 Å². The van der Waals surface area contributed by atoms with Crippen LogP contribution in [0.4, 0.5) is 0 Å². The molecular formula is C13H20N2O3. The normalized spacial score (nSPS) is 9.94. The van der Waals surface area contributed by atoms with Crippen LogP contribution in [0, 0.1) is 0 Å². The summed E-state index contributed by atoms with van der Waals surface area (Å²) in [7, 11) is 3.19. The molecule has 0 atom stereocenters. The van der Waals surface area contributed by atoms with Crippen LogP contribution in [0.1, 0.15) is 12.0 Å². The number of nitrogens with one attached hydrogen (secondary N) is 1. The molecule has 0 fully saturated rings. The predicted molar refractivity (Wildman–Crippen MR) is 69.9 cm³/mol. The summed E-state index contributed by atoms with van der Waals surface area (Å²) in [5.74, 6) is 1.36. The largest absolute Gasteiger partial charge is 0.493 e. The highest BCUT2D eigenvalue weighted by atomic mass is 16.5. The Labute approximate surface area is 107 Å². The van der Waals surface area contributed by atoms with E-state index in [1.54, 1.807) is 14.2 Å². The zero-order valence-electron chi connectivity index (χ0n) is 10.9. The number of methoxy groups -OCH3 is 2. The summed E-state index contributed by atoms with van der Waals surface area (Å²) in [5.41, 5.74) is 6.27. The third-order valence-electron chi connectivity index (χ3n) is 2.57. The third kappa shape index (κ3) is 3.92. The van der Waals surface area contributed by atoms with E-state index in [1.807, 2.05) is 18.2 Å². The average Bonchev–Trinajstić information content (AvgIpc) is 2.41. The molecule has 0 aliphatic heterocycles. The zero-order chi connectivity index (χ0) is 13.4. The Morgan fingerprint density at radius 3 is 2.72 bits per heavy atom. The number of amides is 1. The Morgan fingerprint density at radius 1 is 1.33 bits per heavy atom. The van der Waals surface area contributed by atoms with E-state index in [0.717, 1.165) is 5.56 Å². The SMILES string of the molecule is COc1cccc(CCC(=O)NCCN)c1OC. The molecule has 0 unspecified atom stereocenters. The van der Waals surface area contributed by atoms with Gasteiger partial charge in [-0.05, 0) is 18.1 Å². The van der Waals surface area contributed by atoms with Crippen LogP contribution in [0.2, 0.25) is 0 Å². The summed E-state index contributed by atoms with van der Waals surface area (Å²) in [6.07, 6.45) is 1.01. The average molecular weight is 252 g/mol. The Bertz CT molecular complexity index is 394. The van der Waals surface area contributed by atoms with Crippen molar-refractivity contribution >= 4 is 5.91 Å². The summed E-state index contributed by atoms with van der Waals surface area (Å²) < 4.78 is 10.5. The first kappa shape index (κ1) is 14.3. The lowest BCUT2D eigenvalue weighted by atomic mass is 10.1. The topological polar surface area (TPSA) is 73.6 Å². The molecule has 18 heavy (non-hydrogen) atoms. The van der Waals surface area contributed by atoms with Crippen LogP contribution < -0.4 is 20.5 Å². The molecule has 5 nitrogen and oxygen atoms in total. The maximum Gasteiger partial charge on any atom is 0.220 e. The van der Waals surface area contributed by atoms with E-state index in [9.17, 15) is 4.79 Å². The predicted octanol–water partition coefficient (Wildman–Crippen LogP) is 0.711. The maximum atomic E-state index is 11.5. The smallest absolute Gasteiger partial charge is 0.220 e. The standard InChI is InChI=1S/C13H20N2O3/c1-17-11-5-3-4-10(13(11)18-2)6-7-12(16)15-9-8-14/h3-5H,6-9,14H2,1-2H3,(H,15,16). The lowest BCUT2D eigenvalue weighted by molar-refractivity contribution is -0.120. The Kier molecular flexibility index (Phi) is 6.00. The van der Waals surface area contributed by atoms with Crippen LogP contribution in [0.25, 0.3) is 0 Å². The van der Waals surface area contributed by atoms with Gasteiger partial charge in [-0.2, -0.15) is 0 Å². The number of ether oxygens (including phenoxy) is 2. The van der Waals surface area contributed by atoms with E-state index >= 15 is 0 Å². The van der Waals surface area contributed by atoms with Gasteiger partial charge < -0.3 is 20.5 Å². The molecule has 0 saturated heterocycles. The minimum Gasteiger partial charge on any atom is -0.493 e. The fraction of sp³-hybridized carbons (Fsp3) is 0.462. The third-order valence-corrected chi connectivity index (χ3v) is 2.57. The Hall–Kier alpha value is -1.75. The summed E-state index contributed by atoms with van der Waals surface area (Å²) in [5, 5.41) is 2.73. The van der Waals surface area contributed by atoms with Gasteiger partial charge >= 0.3 is 0 Å². The van der Waals surface area contributed by atoms with Gasteiger partial charge in [-0.25, -0.2) is 0 Å². The first-order valence-corrected chi connectivity index (χ1v) is 5.89. The van der Waals surface area contributed by atoms with Crippen molar-refractivity contribution in [2.45, 2.75) is 12.8 Å². The van der Waals surface area contributed by atoms with E-state index in [1.165, 1.54) is 0 Å². The second kappa shape index (κ2) is 7.55. The number of hydrogen-bond donors (Lipinski definition) is 2. The monoisotopic (exact) mass is 252 g/mol. The molecule has 0 aliphatic rings. The van der Waals surface area contributed by atoms with Crippen molar-refractivity contribution in [3.8, 4) is 11.5 Å². The summed E-state index contributed by atoms with van der Waals surface area (Å²) in [4.78, 5) is 11.5. The van der Waals surface area contributed by atoms with Crippen LogP contribution in [-0.2, 0) is 11.2 Å². The lowest BCUT2D eigenvalue weighted by Gasteiger charge is -2.12. The molecule has 0 saturated carbocycles. The van der Waals surface area contributed by atoms with Crippen molar-refractivity contribution in [1.29, 1.82) is 0 Å². The molecule has 0 spiro atoms. The quantitative estimate of drug-likeness (QED) is 0.749. The van der Waals surface area contributed by atoms with Crippen LogP contribution >= 0.6 is 0 Å². The molecule has 5 heteroatoms. The van der Waals surface area contributed by atoms with E-state index in [0.29, 0.717) is 37.4 Å². The highest BCUT2D eigenvalue weighted by Crippen LogP contribution is 2.31. The van der Waals surface area contributed by atoms with Gasteiger partial charge in [0.1, 0.15) is 0 Å². The highest BCUT2D eigenvalue weighted by Gasteiger charge is 2.10. The van der Waals surface area contributed by atoms with E-state index in [-0.39, 0.29) is 5.91 Å². The van der Waals surface area contributed by atoms with Gasteiger partial charge in [0, 0.05) is 19.5 Å². The minimum atomic E-state index is -0.00896. The first-order chi connectivity index (χ1) is 8.72. The van der Waals surface area contributed by atoms with E-state index < -0.39 is 0 Å². The molecule has 100 valence electrons. The second-order valence-electron chi connectivity index (χ2n) is 3.79. The minimum absolute atomic E-state index is 0.00896. The van der Waals surface area contributed by atoms with Crippen molar-refractivity contribution < 1.29 is 14.3 Å². The lowest BCUT2D eigenvalue weighted by Crippen LogP contribution is -2.29. The van der Waals surface area contributed by atoms with Crippen molar-refractivity contribution in [3.05, 3.63) is 23.8 Å². The molecule has 1 rings (SSSR count). The number of para-hydroxylation sites is 1. The molecule has 0 radical (unpaired) electrons. The number of rotatable bonds is 7. The van der Waals surface area contributed by atoms with Crippen molar-refractivity contribution in [2.24, 2.45) is 5.73 Å². The molecule has 1 aromatic carbocycles.